The average Bonchev–Trinajstić information content (AvgIpc) is 2.90. The molecule has 2 heterocycles. The molecule has 138 valence electrons. The normalized spacial score (nSPS) is 15.5. The van der Waals surface area contributed by atoms with Crippen LogP contribution in [0.25, 0.3) is 6.08 Å². The van der Waals surface area contributed by atoms with E-state index in [0.717, 1.165) is 34.9 Å². The first-order valence-electron chi connectivity index (χ1n) is 7.85. The van der Waals surface area contributed by atoms with Gasteiger partial charge in [-0.25, -0.2) is 8.78 Å². The molecule has 2 aromatic rings. The lowest BCUT2D eigenvalue weighted by Crippen LogP contribution is -2.37. The van der Waals surface area contributed by atoms with Crippen molar-refractivity contribution in [2.24, 2.45) is 0 Å². The van der Waals surface area contributed by atoms with Gasteiger partial charge in [-0.05, 0) is 41.6 Å². The summed E-state index contributed by atoms with van der Waals surface area (Å²) in [7, 11) is 0. The Morgan fingerprint density at radius 3 is 2.59 bits per heavy atom. The number of amides is 3. The van der Waals surface area contributed by atoms with Crippen molar-refractivity contribution in [3.63, 3.8) is 0 Å². The number of hydrogen-bond acceptors (Lipinski definition) is 5. The second-order valence-corrected chi connectivity index (χ2v) is 6.47. The number of hydrogen-bond donors (Lipinski definition) is 1. The summed E-state index contributed by atoms with van der Waals surface area (Å²) >= 11 is 0.775. The highest BCUT2D eigenvalue weighted by atomic mass is 32.2. The third-order valence-corrected chi connectivity index (χ3v) is 4.57. The second kappa shape index (κ2) is 8.09. The standard InChI is InChI=1S/C18H13F2N3O3S/c19-12-4-1-5-13(20)15(12)16(24)22-7-8-23-17(25)14(27-18(23)26)9-11-3-2-6-21-10-11/h1-6,9-10H,7-8H2,(H,22,24). The second-order valence-electron chi connectivity index (χ2n) is 5.47. The maximum absolute atomic E-state index is 13.6. The Morgan fingerprint density at radius 1 is 1.19 bits per heavy atom. The molecule has 0 radical (unpaired) electrons. The monoisotopic (exact) mass is 389 g/mol. The van der Waals surface area contributed by atoms with E-state index in [1.807, 2.05) is 0 Å². The van der Waals surface area contributed by atoms with Gasteiger partial charge in [-0.15, -0.1) is 0 Å². The van der Waals surface area contributed by atoms with Crippen LogP contribution in [0, 0.1) is 11.6 Å². The van der Waals surface area contributed by atoms with Crippen LogP contribution in [0.15, 0.2) is 47.6 Å². The number of thioether (sulfide) groups is 1. The summed E-state index contributed by atoms with van der Waals surface area (Å²) < 4.78 is 27.2. The van der Waals surface area contributed by atoms with Crippen LogP contribution in [0.2, 0.25) is 0 Å². The van der Waals surface area contributed by atoms with Crippen molar-refractivity contribution in [2.75, 3.05) is 13.1 Å². The molecule has 0 bridgehead atoms. The van der Waals surface area contributed by atoms with Gasteiger partial charge in [0.15, 0.2) is 0 Å². The lowest BCUT2D eigenvalue weighted by Gasteiger charge is -2.13. The Kier molecular flexibility index (Phi) is 5.60. The van der Waals surface area contributed by atoms with Gasteiger partial charge < -0.3 is 5.32 Å². The molecule has 0 unspecified atom stereocenters. The van der Waals surface area contributed by atoms with Gasteiger partial charge >= 0.3 is 0 Å². The first-order valence-corrected chi connectivity index (χ1v) is 8.66. The summed E-state index contributed by atoms with van der Waals surface area (Å²) in [5, 5.41) is 1.82. The fourth-order valence-corrected chi connectivity index (χ4v) is 3.25. The lowest BCUT2D eigenvalue weighted by atomic mass is 10.2. The molecule has 0 aliphatic carbocycles. The number of halogens is 2. The molecule has 0 spiro atoms. The Balaban J connectivity index is 1.61. The highest BCUT2D eigenvalue weighted by Gasteiger charge is 2.34. The number of benzene rings is 1. The number of aromatic nitrogens is 1. The van der Waals surface area contributed by atoms with Crippen molar-refractivity contribution in [3.8, 4) is 0 Å². The molecule has 1 aromatic heterocycles. The Hall–Kier alpha value is -3.07. The predicted molar refractivity (Wildman–Crippen MR) is 95.6 cm³/mol. The van der Waals surface area contributed by atoms with E-state index in [1.54, 1.807) is 30.6 Å². The first kappa shape index (κ1) is 18.7. The number of nitrogens with one attached hydrogen (secondary N) is 1. The van der Waals surface area contributed by atoms with Crippen LogP contribution in [-0.4, -0.2) is 40.0 Å². The summed E-state index contributed by atoms with van der Waals surface area (Å²) in [6.07, 6.45) is 4.69. The zero-order valence-electron chi connectivity index (χ0n) is 13.8. The first-order chi connectivity index (χ1) is 13.0. The van der Waals surface area contributed by atoms with Crippen LogP contribution < -0.4 is 5.32 Å². The molecule has 0 atom stereocenters. The number of pyridine rings is 1. The lowest BCUT2D eigenvalue weighted by molar-refractivity contribution is -0.122. The molecule has 9 heteroatoms. The van der Waals surface area contributed by atoms with Gasteiger partial charge in [0.25, 0.3) is 17.1 Å². The Bertz CT molecular complexity index is 914. The van der Waals surface area contributed by atoms with Gasteiger partial charge in [0.05, 0.1) is 4.91 Å². The van der Waals surface area contributed by atoms with Crippen LogP contribution in [0.3, 0.4) is 0 Å². The number of carbonyl (C=O) groups is 3. The molecule has 1 saturated heterocycles. The van der Waals surface area contributed by atoms with E-state index in [0.29, 0.717) is 5.56 Å². The van der Waals surface area contributed by atoms with Crippen molar-refractivity contribution >= 4 is 34.9 Å². The molecule has 1 N–H and O–H groups in total. The fourth-order valence-electron chi connectivity index (χ4n) is 2.39. The van der Waals surface area contributed by atoms with E-state index in [-0.39, 0.29) is 18.0 Å². The van der Waals surface area contributed by atoms with E-state index in [1.165, 1.54) is 0 Å². The van der Waals surface area contributed by atoms with Crippen LogP contribution >= 0.6 is 11.8 Å². The molecule has 1 aliphatic rings. The van der Waals surface area contributed by atoms with Crippen molar-refractivity contribution in [1.82, 2.24) is 15.2 Å². The summed E-state index contributed by atoms with van der Waals surface area (Å²) in [6.45, 7) is -0.248. The molecule has 3 rings (SSSR count). The molecule has 27 heavy (non-hydrogen) atoms. The molecule has 0 saturated carbocycles. The third kappa shape index (κ3) is 4.20. The molecule has 1 fully saturated rings. The van der Waals surface area contributed by atoms with E-state index >= 15 is 0 Å². The van der Waals surface area contributed by atoms with Crippen LogP contribution in [0.1, 0.15) is 15.9 Å². The van der Waals surface area contributed by atoms with Crippen LogP contribution in [0.5, 0.6) is 0 Å². The molecule has 1 aliphatic heterocycles. The number of imide groups is 1. The van der Waals surface area contributed by atoms with E-state index < -0.39 is 34.3 Å². The predicted octanol–water partition coefficient (Wildman–Crippen LogP) is 2.83. The summed E-state index contributed by atoms with van der Waals surface area (Å²) in [5.41, 5.74) is -0.0329. The largest absolute Gasteiger partial charge is 0.350 e. The number of rotatable bonds is 5. The highest BCUT2D eigenvalue weighted by Crippen LogP contribution is 2.31. The van der Waals surface area contributed by atoms with Gasteiger partial charge in [0.2, 0.25) is 0 Å². The van der Waals surface area contributed by atoms with Crippen molar-refractivity contribution in [3.05, 3.63) is 70.4 Å². The maximum atomic E-state index is 13.6. The molecule has 1 aromatic carbocycles. The Morgan fingerprint density at radius 2 is 1.93 bits per heavy atom. The van der Waals surface area contributed by atoms with Crippen molar-refractivity contribution in [2.45, 2.75) is 0 Å². The molecule has 6 nitrogen and oxygen atoms in total. The number of carbonyl (C=O) groups excluding carboxylic acids is 3. The van der Waals surface area contributed by atoms with Crippen LogP contribution in [0.4, 0.5) is 13.6 Å². The minimum Gasteiger partial charge on any atom is -0.350 e. The SMILES string of the molecule is O=C(NCCN1C(=O)SC(=Cc2cccnc2)C1=O)c1c(F)cccc1F. The quantitative estimate of drug-likeness (QED) is 0.796. The summed E-state index contributed by atoms with van der Waals surface area (Å²) in [5.74, 6) is -3.43. The van der Waals surface area contributed by atoms with Crippen molar-refractivity contribution in [1.29, 1.82) is 0 Å². The minimum absolute atomic E-state index is 0.114. The zero-order valence-corrected chi connectivity index (χ0v) is 14.6. The van der Waals surface area contributed by atoms with E-state index in [4.69, 9.17) is 0 Å². The Labute approximate surface area is 157 Å². The van der Waals surface area contributed by atoms with Gasteiger partial charge in [0, 0.05) is 25.5 Å². The summed E-state index contributed by atoms with van der Waals surface area (Å²) in [4.78, 5) is 41.4. The van der Waals surface area contributed by atoms with Crippen LogP contribution in [-0.2, 0) is 4.79 Å². The highest BCUT2D eigenvalue weighted by molar-refractivity contribution is 8.18. The van der Waals surface area contributed by atoms with E-state index in [9.17, 15) is 23.2 Å². The van der Waals surface area contributed by atoms with Gasteiger partial charge in [-0.3, -0.25) is 24.3 Å². The minimum atomic E-state index is -0.988. The summed E-state index contributed by atoms with van der Waals surface area (Å²) in [6, 6.07) is 6.53. The maximum Gasteiger partial charge on any atom is 0.293 e. The number of nitrogens with zero attached hydrogens (tertiary/aromatic N) is 2. The van der Waals surface area contributed by atoms with Gasteiger partial charge in [0.1, 0.15) is 17.2 Å². The molecule has 3 amide bonds. The third-order valence-electron chi connectivity index (χ3n) is 3.67. The molecular weight excluding hydrogens is 376 g/mol. The smallest absolute Gasteiger partial charge is 0.293 e. The fraction of sp³-hybridized carbons (Fsp3) is 0.111. The topological polar surface area (TPSA) is 79.4 Å². The van der Waals surface area contributed by atoms with E-state index in [2.05, 4.69) is 10.3 Å². The van der Waals surface area contributed by atoms with Gasteiger partial charge in [-0.1, -0.05) is 12.1 Å². The van der Waals surface area contributed by atoms with Gasteiger partial charge in [-0.2, -0.15) is 0 Å². The molecular formula is C18H13F2N3O3S. The van der Waals surface area contributed by atoms with Crippen molar-refractivity contribution < 1.29 is 23.2 Å². The average molecular weight is 389 g/mol. The zero-order chi connectivity index (χ0) is 19.4.